The zero-order valence-electron chi connectivity index (χ0n) is 9.82. The molecular formula is C12H15NO4. The van der Waals surface area contributed by atoms with Crippen molar-refractivity contribution >= 4 is 11.9 Å². The molecule has 0 saturated carbocycles. The molecule has 0 bridgehead atoms. The van der Waals surface area contributed by atoms with Gasteiger partial charge in [0.15, 0.2) is 0 Å². The molecule has 0 fully saturated rings. The van der Waals surface area contributed by atoms with Gasteiger partial charge in [0.05, 0.1) is 6.54 Å². The van der Waals surface area contributed by atoms with Crippen LogP contribution in [0.5, 0.6) is 5.75 Å². The topological polar surface area (TPSA) is 75.6 Å². The number of hydrogen-bond acceptors (Lipinski definition) is 3. The highest BCUT2D eigenvalue weighted by Gasteiger charge is 2.09. The molecule has 17 heavy (non-hydrogen) atoms. The van der Waals surface area contributed by atoms with Gasteiger partial charge in [0, 0.05) is 0 Å². The van der Waals surface area contributed by atoms with Crippen molar-refractivity contribution in [3.63, 3.8) is 0 Å². The fourth-order valence-electron chi connectivity index (χ4n) is 1.26. The highest BCUT2D eigenvalue weighted by Crippen LogP contribution is 2.18. The van der Waals surface area contributed by atoms with Crippen LogP contribution in [-0.4, -0.2) is 30.1 Å². The zero-order chi connectivity index (χ0) is 12.8. The lowest BCUT2D eigenvalue weighted by molar-refractivity contribution is -0.150. The lowest BCUT2D eigenvalue weighted by atomic mass is 10.1. The third-order valence-electron chi connectivity index (χ3n) is 2.18. The number of aryl methyl sites for hydroxylation is 2. The maximum absolute atomic E-state index is 10.7. The van der Waals surface area contributed by atoms with Crippen LogP contribution in [0.1, 0.15) is 11.1 Å². The van der Waals surface area contributed by atoms with E-state index in [0.29, 0.717) is 0 Å². The first-order valence-corrected chi connectivity index (χ1v) is 5.22. The van der Waals surface area contributed by atoms with E-state index in [0.717, 1.165) is 16.9 Å². The summed E-state index contributed by atoms with van der Waals surface area (Å²) in [6, 6.07) is 5.82. The average Bonchev–Trinajstić information content (AvgIpc) is 2.28. The first-order chi connectivity index (χ1) is 8.00. The molecule has 0 aliphatic rings. The van der Waals surface area contributed by atoms with Crippen molar-refractivity contribution in [3.8, 4) is 5.75 Å². The van der Waals surface area contributed by atoms with Crippen LogP contribution in [0, 0.1) is 13.8 Å². The van der Waals surface area contributed by atoms with Crippen molar-refractivity contribution in [3.05, 3.63) is 29.3 Å². The molecule has 5 heteroatoms. The number of nitrogens with one attached hydrogen (secondary N) is 1. The van der Waals surface area contributed by atoms with Crippen molar-refractivity contribution < 1.29 is 19.4 Å². The summed E-state index contributed by atoms with van der Waals surface area (Å²) < 4.78 is 5.44. The van der Waals surface area contributed by atoms with E-state index >= 15 is 0 Å². The van der Waals surface area contributed by atoms with E-state index in [9.17, 15) is 9.59 Å². The number of carbonyl (C=O) groups is 2. The Morgan fingerprint density at radius 1 is 1.35 bits per heavy atom. The number of aliphatic carboxylic acids is 1. The largest absolute Gasteiger partial charge is 0.491 e. The molecule has 2 N–H and O–H groups in total. The van der Waals surface area contributed by atoms with Crippen molar-refractivity contribution in [2.45, 2.75) is 13.8 Å². The van der Waals surface area contributed by atoms with E-state index in [1.807, 2.05) is 32.0 Å². The van der Waals surface area contributed by atoms with E-state index < -0.39 is 11.9 Å². The molecular weight excluding hydrogens is 222 g/mol. The van der Waals surface area contributed by atoms with Crippen LogP contribution in [-0.2, 0) is 9.59 Å². The number of rotatable bonds is 4. The Hall–Kier alpha value is -2.04. The number of benzene rings is 1. The smallest absolute Gasteiger partial charge is 0.394 e. The monoisotopic (exact) mass is 237 g/mol. The Balaban J connectivity index is 2.38. The predicted octanol–water partition coefficient (Wildman–Crippen LogP) is 0.883. The van der Waals surface area contributed by atoms with Crippen molar-refractivity contribution in [2.75, 3.05) is 13.2 Å². The van der Waals surface area contributed by atoms with Gasteiger partial charge < -0.3 is 15.2 Å². The molecule has 0 aliphatic heterocycles. The molecule has 1 amide bonds. The molecule has 92 valence electrons. The van der Waals surface area contributed by atoms with Crippen LogP contribution in [0.2, 0.25) is 0 Å². The second-order valence-electron chi connectivity index (χ2n) is 3.68. The van der Waals surface area contributed by atoms with Crippen molar-refractivity contribution in [1.82, 2.24) is 5.32 Å². The molecule has 0 aliphatic carbocycles. The fourth-order valence-corrected chi connectivity index (χ4v) is 1.26. The molecule has 1 rings (SSSR count). The quantitative estimate of drug-likeness (QED) is 0.602. The zero-order valence-corrected chi connectivity index (χ0v) is 9.82. The Labute approximate surface area is 99.4 Å². The Kier molecular flexibility index (Phi) is 4.51. The first-order valence-electron chi connectivity index (χ1n) is 5.22. The van der Waals surface area contributed by atoms with E-state index in [1.165, 1.54) is 0 Å². The first kappa shape index (κ1) is 13.0. The third kappa shape index (κ3) is 4.14. The second-order valence-corrected chi connectivity index (χ2v) is 3.68. The van der Waals surface area contributed by atoms with E-state index in [2.05, 4.69) is 5.32 Å². The Bertz CT molecular complexity index is 429. The van der Waals surface area contributed by atoms with Crippen LogP contribution in [0.4, 0.5) is 0 Å². The Morgan fingerprint density at radius 2 is 2.06 bits per heavy atom. The lowest BCUT2D eigenvalue weighted by Gasteiger charge is -2.09. The van der Waals surface area contributed by atoms with E-state index in [4.69, 9.17) is 9.84 Å². The van der Waals surface area contributed by atoms with Gasteiger partial charge in [-0.2, -0.15) is 0 Å². The molecule has 0 radical (unpaired) electrons. The standard InChI is InChI=1S/C12H15NO4/c1-8-3-4-9(2)10(7-8)17-6-5-13-11(14)12(15)16/h3-4,7H,5-6H2,1-2H3,(H,13,14)(H,15,16). The molecule has 0 atom stereocenters. The summed E-state index contributed by atoms with van der Waals surface area (Å²) in [5.41, 5.74) is 2.08. The third-order valence-corrected chi connectivity index (χ3v) is 2.18. The number of carboxylic acid groups (broad SMARTS) is 1. The normalized spacial score (nSPS) is 9.76. The number of hydrogen-bond donors (Lipinski definition) is 2. The van der Waals surface area contributed by atoms with Gasteiger partial charge in [-0.25, -0.2) is 4.79 Å². The summed E-state index contributed by atoms with van der Waals surface area (Å²) in [5.74, 6) is -1.76. The van der Waals surface area contributed by atoms with Crippen LogP contribution in [0.3, 0.4) is 0 Å². The summed E-state index contributed by atoms with van der Waals surface area (Å²) in [6.07, 6.45) is 0. The Morgan fingerprint density at radius 3 is 2.71 bits per heavy atom. The van der Waals surface area contributed by atoms with Crippen LogP contribution < -0.4 is 10.1 Å². The summed E-state index contributed by atoms with van der Waals surface area (Å²) in [4.78, 5) is 20.9. The van der Waals surface area contributed by atoms with Crippen LogP contribution >= 0.6 is 0 Å². The minimum atomic E-state index is -1.49. The number of amides is 1. The SMILES string of the molecule is Cc1ccc(C)c(OCCNC(=O)C(=O)O)c1. The summed E-state index contributed by atoms with van der Waals surface area (Å²) in [7, 11) is 0. The van der Waals surface area contributed by atoms with Gasteiger partial charge in [0.25, 0.3) is 0 Å². The predicted molar refractivity (Wildman–Crippen MR) is 62.1 cm³/mol. The molecule has 1 aromatic carbocycles. The molecule has 0 aromatic heterocycles. The number of ether oxygens (including phenoxy) is 1. The maximum atomic E-state index is 10.7. The van der Waals surface area contributed by atoms with Gasteiger partial charge >= 0.3 is 11.9 Å². The highest BCUT2D eigenvalue weighted by atomic mass is 16.5. The van der Waals surface area contributed by atoms with Crippen LogP contribution in [0.15, 0.2) is 18.2 Å². The highest BCUT2D eigenvalue weighted by molar-refractivity contribution is 6.31. The second kappa shape index (κ2) is 5.89. The maximum Gasteiger partial charge on any atom is 0.394 e. The molecule has 0 heterocycles. The van der Waals surface area contributed by atoms with Gasteiger partial charge in [-0.05, 0) is 31.0 Å². The minimum absolute atomic E-state index is 0.165. The van der Waals surface area contributed by atoms with Gasteiger partial charge in [-0.15, -0.1) is 0 Å². The van der Waals surface area contributed by atoms with Gasteiger partial charge in [0.2, 0.25) is 0 Å². The summed E-state index contributed by atoms with van der Waals surface area (Å²) >= 11 is 0. The molecule has 1 aromatic rings. The summed E-state index contributed by atoms with van der Waals surface area (Å²) in [6.45, 7) is 4.28. The molecule has 5 nitrogen and oxygen atoms in total. The molecule has 0 unspecified atom stereocenters. The molecule has 0 saturated heterocycles. The van der Waals surface area contributed by atoms with Gasteiger partial charge in [0.1, 0.15) is 12.4 Å². The number of carbonyl (C=O) groups excluding carboxylic acids is 1. The number of carboxylic acids is 1. The fraction of sp³-hybridized carbons (Fsp3) is 0.333. The van der Waals surface area contributed by atoms with Crippen LogP contribution in [0.25, 0.3) is 0 Å². The van der Waals surface area contributed by atoms with Crippen molar-refractivity contribution in [2.24, 2.45) is 0 Å². The van der Waals surface area contributed by atoms with Gasteiger partial charge in [-0.3, -0.25) is 4.79 Å². The van der Waals surface area contributed by atoms with E-state index in [1.54, 1.807) is 0 Å². The minimum Gasteiger partial charge on any atom is -0.491 e. The summed E-state index contributed by atoms with van der Waals surface area (Å²) in [5, 5.41) is 10.5. The average molecular weight is 237 g/mol. The van der Waals surface area contributed by atoms with Gasteiger partial charge in [-0.1, -0.05) is 12.1 Å². The van der Waals surface area contributed by atoms with E-state index in [-0.39, 0.29) is 13.2 Å². The van der Waals surface area contributed by atoms with Crippen molar-refractivity contribution in [1.29, 1.82) is 0 Å². The molecule has 0 spiro atoms. The lowest BCUT2D eigenvalue weighted by Crippen LogP contribution is -2.33.